The third kappa shape index (κ3) is 4.40. The first-order valence-electron chi connectivity index (χ1n) is 6.55. The Morgan fingerprint density at radius 1 is 1.38 bits per heavy atom. The Morgan fingerprint density at radius 3 is 2.62 bits per heavy atom. The van der Waals surface area contributed by atoms with Crippen LogP contribution in [0.2, 0.25) is 0 Å². The Kier molecular flexibility index (Phi) is 6.32. The summed E-state index contributed by atoms with van der Waals surface area (Å²) >= 11 is 0. The summed E-state index contributed by atoms with van der Waals surface area (Å²) in [5.41, 5.74) is 0. The fourth-order valence-electron chi connectivity index (χ4n) is 2.33. The maximum absolute atomic E-state index is 5.12. The maximum atomic E-state index is 5.12. The van der Waals surface area contributed by atoms with Gasteiger partial charge in [-0.15, -0.1) is 0 Å². The van der Waals surface area contributed by atoms with E-state index in [4.69, 9.17) is 4.74 Å². The highest BCUT2D eigenvalue weighted by Crippen LogP contribution is 2.30. The lowest BCUT2D eigenvalue weighted by molar-refractivity contribution is 0.0593. The largest absolute Gasteiger partial charge is 0.383 e. The standard InChI is InChI=1S/C13H28N2O/c1-11(2)9-14-10-12-5-6-13(12)15(3)7-8-16-4/h11-14H,5-10H2,1-4H3. The molecule has 1 aliphatic carbocycles. The lowest BCUT2D eigenvalue weighted by Gasteiger charge is -2.43. The monoisotopic (exact) mass is 228 g/mol. The molecule has 0 aromatic heterocycles. The number of likely N-dealkylation sites (N-methyl/N-ethyl adjacent to an activating group) is 1. The van der Waals surface area contributed by atoms with E-state index in [0.29, 0.717) is 0 Å². The fraction of sp³-hybridized carbons (Fsp3) is 1.00. The van der Waals surface area contributed by atoms with Crippen LogP contribution in [0.4, 0.5) is 0 Å². The Labute approximate surface area is 101 Å². The summed E-state index contributed by atoms with van der Waals surface area (Å²) in [4.78, 5) is 2.45. The van der Waals surface area contributed by atoms with Crippen molar-refractivity contribution in [3.05, 3.63) is 0 Å². The average molecular weight is 228 g/mol. The topological polar surface area (TPSA) is 24.5 Å². The predicted molar refractivity (Wildman–Crippen MR) is 68.7 cm³/mol. The summed E-state index contributed by atoms with van der Waals surface area (Å²) in [5, 5.41) is 3.57. The zero-order chi connectivity index (χ0) is 12.0. The van der Waals surface area contributed by atoms with Crippen LogP contribution in [-0.2, 0) is 4.74 Å². The zero-order valence-corrected chi connectivity index (χ0v) is 11.3. The van der Waals surface area contributed by atoms with Crippen LogP contribution in [0.3, 0.4) is 0 Å². The third-order valence-corrected chi connectivity index (χ3v) is 3.55. The fourth-order valence-corrected chi connectivity index (χ4v) is 2.33. The molecule has 1 N–H and O–H groups in total. The van der Waals surface area contributed by atoms with Gasteiger partial charge in [-0.1, -0.05) is 13.8 Å². The van der Waals surface area contributed by atoms with E-state index in [0.717, 1.165) is 37.6 Å². The van der Waals surface area contributed by atoms with E-state index in [-0.39, 0.29) is 0 Å². The zero-order valence-electron chi connectivity index (χ0n) is 11.3. The van der Waals surface area contributed by atoms with Crippen LogP contribution in [-0.4, -0.2) is 51.3 Å². The van der Waals surface area contributed by atoms with Crippen molar-refractivity contribution in [2.75, 3.05) is 40.4 Å². The van der Waals surface area contributed by atoms with E-state index in [2.05, 4.69) is 31.1 Å². The van der Waals surface area contributed by atoms with Gasteiger partial charge in [-0.3, -0.25) is 0 Å². The van der Waals surface area contributed by atoms with Crippen molar-refractivity contribution in [2.24, 2.45) is 11.8 Å². The molecule has 96 valence electrons. The molecule has 0 heterocycles. The summed E-state index contributed by atoms with van der Waals surface area (Å²) in [6.07, 6.45) is 2.74. The maximum Gasteiger partial charge on any atom is 0.0589 e. The Morgan fingerprint density at radius 2 is 2.12 bits per heavy atom. The van der Waals surface area contributed by atoms with E-state index in [1.54, 1.807) is 7.11 Å². The molecule has 1 fully saturated rings. The minimum absolute atomic E-state index is 0.754. The first-order valence-corrected chi connectivity index (χ1v) is 6.55. The SMILES string of the molecule is COCCN(C)C1CCC1CNCC(C)C. The normalized spacial score (nSPS) is 25.1. The van der Waals surface area contributed by atoms with Crippen LogP contribution < -0.4 is 5.32 Å². The molecule has 0 saturated heterocycles. The second-order valence-corrected chi connectivity index (χ2v) is 5.43. The Bertz CT molecular complexity index is 185. The summed E-state index contributed by atoms with van der Waals surface area (Å²) in [6.45, 7) is 8.75. The van der Waals surface area contributed by atoms with Gasteiger partial charge in [-0.05, 0) is 44.8 Å². The van der Waals surface area contributed by atoms with E-state index in [9.17, 15) is 0 Å². The van der Waals surface area contributed by atoms with Crippen LogP contribution in [0, 0.1) is 11.8 Å². The van der Waals surface area contributed by atoms with Crippen molar-refractivity contribution in [1.29, 1.82) is 0 Å². The van der Waals surface area contributed by atoms with Crippen molar-refractivity contribution in [1.82, 2.24) is 10.2 Å². The van der Waals surface area contributed by atoms with Crippen LogP contribution in [0.1, 0.15) is 26.7 Å². The number of nitrogens with one attached hydrogen (secondary N) is 1. The highest BCUT2D eigenvalue weighted by atomic mass is 16.5. The highest BCUT2D eigenvalue weighted by molar-refractivity contribution is 4.88. The molecule has 0 aliphatic heterocycles. The van der Waals surface area contributed by atoms with Crippen molar-refractivity contribution >= 4 is 0 Å². The summed E-state index contributed by atoms with van der Waals surface area (Å²) in [6, 6.07) is 0.773. The molecule has 0 radical (unpaired) electrons. The molecule has 0 spiro atoms. The van der Waals surface area contributed by atoms with Crippen LogP contribution in [0.15, 0.2) is 0 Å². The van der Waals surface area contributed by atoms with E-state index in [1.165, 1.54) is 19.4 Å². The highest BCUT2D eigenvalue weighted by Gasteiger charge is 2.32. The van der Waals surface area contributed by atoms with Gasteiger partial charge >= 0.3 is 0 Å². The summed E-state index contributed by atoms with van der Waals surface area (Å²) in [7, 11) is 3.99. The quantitative estimate of drug-likeness (QED) is 0.683. The molecule has 1 saturated carbocycles. The second-order valence-electron chi connectivity index (χ2n) is 5.43. The minimum Gasteiger partial charge on any atom is -0.383 e. The van der Waals surface area contributed by atoms with Crippen molar-refractivity contribution < 1.29 is 4.74 Å². The van der Waals surface area contributed by atoms with Crippen LogP contribution >= 0.6 is 0 Å². The number of methoxy groups -OCH3 is 1. The van der Waals surface area contributed by atoms with Crippen LogP contribution in [0.5, 0.6) is 0 Å². The van der Waals surface area contributed by atoms with Gasteiger partial charge in [0.05, 0.1) is 6.61 Å². The number of hydrogen-bond donors (Lipinski definition) is 1. The van der Waals surface area contributed by atoms with Gasteiger partial charge in [0.2, 0.25) is 0 Å². The molecule has 16 heavy (non-hydrogen) atoms. The molecule has 3 heteroatoms. The van der Waals surface area contributed by atoms with Crippen molar-refractivity contribution in [3.8, 4) is 0 Å². The molecule has 0 aromatic rings. The molecule has 2 atom stereocenters. The number of rotatable bonds is 8. The molecule has 0 amide bonds. The van der Waals surface area contributed by atoms with Crippen molar-refractivity contribution in [3.63, 3.8) is 0 Å². The molecule has 1 rings (SSSR count). The number of ether oxygens (including phenoxy) is 1. The Balaban J connectivity index is 2.14. The van der Waals surface area contributed by atoms with Crippen molar-refractivity contribution in [2.45, 2.75) is 32.7 Å². The molecule has 1 aliphatic rings. The van der Waals surface area contributed by atoms with Gasteiger partial charge in [0.1, 0.15) is 0 Å². The van der Waals surface area contributed by atoms with Gasteiger partial charge in [0.25, 0.3) is 0 Å². The molecule has 2 unspecified atom stereocenters. The first kappa shape index (κ1) is 13.9. The lowest BCUT2D eigenvalue weighted by atomic mass is 9.78. The molecule has 0 bridgehead atoms. The summed E-state index contributed by atoms with van der Waals surface area (Å²) < 4.78 is 5.12. The summed E-state index contributed by atoms with van der Waals surface area (Å²) in [5.74, 6) is 1.60. The molecular weight excluding hydrogens is 200 g/mol. The number of nitrogens with zero attached hydrogens (tertiary/aromatic N) is 1. The van der Waals surface area contributed by atoms with Gasteiger partial charge in [-0.25, -0.2) is 0 Å². The predicted octanol–water partition coefficient (Wildman–Crippen LogP) is 1.59. The second kappa shape index (κ2) is 7.25. The van der Waals surface area contributed by atoms with Gasteiger partial charge < -0.3 is 15.0 Å². The van der Waals surface area contributed by atoms with E-state index >= 15 is 0 Å². The molecular formula is C13H28N2O. The smallest absolute Gasteiger partial charge is 0.0589 e. The van der Waals surface area contributed by atoms with E-state index < -0.39 is 0 Å². The minimum atomic E-state index is 0.754. The lowest BCUT2D eigenvalue weighted by Crippen LogP contribution is -2.50. The first-order chi connectivity index (χ1) is 7.65. The number of hydrogen-bond acceptors (Lipinski definition) is 3. The van der Waals surface area contributed by atoms with E-state index in [1.807, 2.05) is 0 Å². The van der Waals surface area contributed by atoms with Gasteiger partial charge in [0, 0.05) is 19.7 Å². The molecule has 3 nitrogen and oxygen atoms in total. The van der Waals surface area contributed by atoms with Gasteiger partial charge in [-0.2, -0.15) is 0 Å². The average Bonchev–Trinajstić information content (AvgIpc) is 2.19. The molecule has 0 aromatic carbocycles. The third-order valence-electron chi connectivity index (χ3n) is 3.55. The Hall–Kier alpha value is -0.120. The van der Waals surface area contributed by atoms with Crippen LogP contribution in [0.25, 0.3) is 0 Å². The van der Waals surface area contributed by atoms with Gasteiger partial charge in [0.15, 0.2) is 0 Å².